The smallest absolute Gasteiger partial charge is 0.298 e. The fourth-order valence-corrected chi connectivity index (χ4v) is 4.35. The lowest BCUT2D eigenvalue weighted by Gasteiger charge is -2.27. The van der Waals surface area contributed by atoms with E-state index in [0.717, 1.165) is 27.4 Å². The number of carbonyl (C=O) groups excluding carboxylic acids is 1. The minimum atomic E-state index is -0.419. The lowest BCUT2D eigenvalue weighted by molar-refractivity contribution is 0.214. The summed E-state index contributed by atoms with van der Waals surface area (Å²) in [5, 5.41) is 12.7. The van der Waals surface area contributed by atoms with Crippen molar-refractivity contribution in [2.45, 2.75) is 19.3 Å². The third-order valence-corrected chi connectivity index (χ3v) is 6.15. The average Bonchev–Trinajstić information content (AvgIpc) is 3.27. The Morgan fingerprint density at radius 2 is 1.89 bits per heavy atom. The van der Waals surface area contributed by atoms with Crippen molar-refractivity contribution in [2.24, 2.45) is 5.10 Å². The minimum absolute atomic E-state index is 0.229. The number of nitrogens with one attached hydrogen (secondary N) is 1. The predicted molar refractivity (Wildman–Crippen MR) is 117 cm³/mol. The van der Waals surface area contributed by atoms with Crippen LogP contribution < -0.4 is 5.32 Å². The number of aryl methyl sites for hydroxylation is 1. The van der Waals surface area contributed by atoms with Crippen LogP contribution >= 0.6 is 22.9 Å². The van der Waals surface area contributed by atoms with E-state index in [1.165, 1.54) is 16.3 Å². The van der Waals surface area contributed by atoms with Crippen molar-refractivity contribution in [2.75, 3.05) is 11.9 Å². The molecule has 2 aromatic carbocycles. The molecule has 0 saturated heterocycles. The summed E-state index contributed by atoms with van der Waals surface area (Å²) in [6.07, 6.45) is 0. The maximum Gasteiger partial charge on any atom is 0.342 e. The van der Waals surface area contributed by atoms with Crippen LogP contribution in [0.1, 0.15) is 23.6 Å². The van der Waals surface area contributed by atoms with E-state index in [-0.39, 0.29) is 6.03 Å². The highest BCUT2D eigenvalue weighted by Gasteiger charge is 2.42. The Morgan fingerprint density at radius 1 is 1.18 bits per heavy atom. The van der Waals surface area contributed by atoms with Crippen molar-refractivity contribution in [1.82, 2.24) is 5.01 Å². The summed E-state index contributed by atoms with van der Waals surface area (Å²) in [7, 11) is 0. The standard InChI is InChI=1S/C22H20ClN3OS/c1-15-12-19(28-13-15)24-21(27)26-14-22(2,17-6-4-3-5-7-17)20(25-26)16-8-10-18(23)11-9-16/h3-13H,14H2,1-2H3,(H,24,27). The highest BCUT2D eigenvalue weighted by Crippen LogP contribution is 2.35. The molecule has 4 nitrogen and oxygen atoms in total. The molecule has 1 atom stereocenters. The lowest BCUT2D eigenvalue weighted by atomic mass is 9.76. The SMILES string of the molecule is Cc1csc(NC(=O)N2CC(C)(c3ccccc3)C(c3ccc(Cl)cc3)=N2)c1. The number of rotatable bonds is 3. The van der Waals surface area contributed by atoms with Crippen LogP contribution in [0.15, 0.2) is 71.1 Å². The summed E-state index contributed by atoms with van der Waals surface area (Å²) in [6, 6.07) is 19.5. The van der Waals surface area contributed by atoms with Crippen LogP contribution in [0, 0.1) is 6.92 Å². The van der Waals surface area contributed by atoms with Crippen molar-refractivity contribution in [3.63, 3.8) is 0 Å². The maximum atomic E-state index is 12.9. The van der Waals surface area contributed by atoms with Gasteiger partial charge in [0, 0.05) is 5.02 Å². The van der Waals surface area contributed by atoms with E-state index in [2.05, 4.69) is 24.4 Å². The summed E-state index contributed by atoms with van der Waals surface area (Å²) < 4.78 is 0. The molecule has 0 bridgehead atoms. The number of amides is 2. The molecule has 3 aromatic rings. The summed E-state index contributed by atoms with van der Waals surface area (Å²) >= 11 is 7.57. The number of carbonyl (C=O) groups is 1. The molecule has 1 unspecified atom stereocenters. The van der Waals surface area contributed by atoms with Crippen LogP contribution in [-0.2, 0) is 5.41 Å². The van der Waals surface area contributed by atoms with Gasteiger partial charge in [0.2, 0.25) is 0 Å². The van der Waals surface area contributed by atoms with Gasteiger partial charge < -0.3 is 0 Å². The van der Waals surface area contributed by atoms with Gasteiger partial charge in [-0.3, -0.25) is 5.32 Å². The lowest BCUT2D eigenvalue weighted by Crippen LogP contribution is -2.38. The quantitative estimate of drug-likeness (QED) is 0.573. The second kappa shape index (κ2) is 7.41. The highest BCUT2D eigenvalue weighted by atomic mass is 35.5. The van der Waals surface area contributed by atoms with E-state index in [4.69, 9.17) is 16.7 Å². The van der Waals surface area contributed by atoms with Crippen molar-refractivity contribution in [3.05, 3.63) is 87.8 Å². The van der Waals surface area contributed by atoms with Crippen molar-refractivity contribution in [3.8, 4) is 0 Å². The van der Waals surface area contributed by atoms with Gasteiger partial charge in [0.25, 0.3) is 0 Å². The monoisotopic (exact) mass is 409 g/mol. The fourth-order valence-electron chi connectivity index (χ4n) is 3.44. The molecule has 0 radical (unpaired) electrons. The molecule has 0 aliphatic carbocycles. The summed E-state index contributed by atoms with van der Waals surface area (Å²) in [5.74, 6) is 0. The molecule has 2 heterocycles. The first kappa shape index (κ1) is 18.7. The molecule has 1 aliphatic heterocycles. The van der Waals surface area contributed by atoms with Crippen LogP contribution in [0.3, 0.4) is 0 Å². The Bertz CT molecular complexity index is 1030. The maximum absolute atomic E-state index is 12.9. The number of nitrogens with zero attached hydrogens (tertiary/aromatic N) is 2. The molecule has 1 N–H and O–H groups in total. The van der Waals surface area contributed by atoms with Crippen LogP contribution in [0.25, 0.3) is 0 Å². The van der Waals surface area contributed by atoms with E-state index in [9.17, 15) is 4.79 Å². The Kier molecular flexibility index (Phi) is 4.96. The molecule has 142 valence electrons. The number of urea groups is 1. The predicted octanol–water partition coefficient (Wildman–Crippen LogP) is 5.92. The molecule has 28 heavy (non-hydrogen) atoms. The second-order valence-corrected chi connectivity index (χ2v) is 8.48. The fraction of sp³-hybridized carbons (Fsp3) is 0.182. The Morgan fingerprint density at radius 3 is 2.54 bits per heavy atom. The van der Waals surface area contributed by atoms with Gasteiger partial charge in [-0.1, -0.05) is 54.1 Å². The summed E-state index contributed by atoms with van der Waals surface area (Å²) in [5.41, 5.74) is 3.63. The Hall–Kier alpha value is -2.63. The number of halogens is 1. The molecule has 0 fully saturated rings. The topological polar surface area (TPSA) is 44.7 Å². The van der Waals surface area contributed by atoms with Gasteiger partial charge in [-0.15, -0.1) is 11.3 Å². The van der Waals surface area contributed by atoms with Gasteiger partial charge >= 0.3 is 6.03 Å². The largest absolute Gasteiger partial charge is 0.342 e. The molecule has 0 spiro atoms. The number of anilines is 1. The number of hydrogen-bond donors (Lipinski definition) is 1. The van der Waals surface area contributed by atoms with Crippen molar-refractivity contribution >= 4 is 39.7 Å². The molecule has 0 saturated carbocycles. The first-order valence-corrected chi connectivity index (χ1v) is 10.3. The first-order chi connectivity index (χ1) is 13.5. The van der Waals surface area contributed by atoms with Gasteiger partial charge in [-0.25, -0.2) is 9.80 Å². The number of thiophene rings is 1. The van der Waals surface area contributed by atoms with E-state index >= 15 is 0 Å². The van der Waals surface area contributed by atoms with Gasteiger partial charge in [0.1, 0.15) is 0 Å². The van der Waals surface area contributed by atoms with E-state index in [1.54, 1.807) is 0 Å². The Balaban J connectivity index is 1.70. The normalized spacial score (nSPS) is 18.8. The van der Waals surface area contributed by atoms with Gasteiger partial charge in [0.15, 0.2) is 0 Å². The zero-order chi connectivity index (χ0) is 19.7. The third kappa shape index (κ3) is 3.55. The number of benzene rings is 2. The minimum Gasteiger partial charge on any atom is -0.298 e. The average molecular weight is 410 g/mol. The van der Waals surface area contributed by atoms with Gasteiger partial charge in [-0.2, -0.15) is 5.10 Å². The van der Waals surface area contributed by atoms with Crippen LogP contribution in [0.4, 0.5) is 9.80 Å². The van der Waals surface area contributed by atoms with Crippen molar-refractivity contribution in [1.29, 1.82) is 0 Å². The van der Waals surface area contributed by atoms with Crippen molar-refractivity contribution < 1.29 is 4.79 Å². The molecular formula is C22H20ClN3OS. The van der Waals surface area contributed by atoms with Crippen LogP contribution in [0.5, 0.6) is 0 Å². The summed E-state index contributed by atoms with van der Waals surface area (Å²) in [4.78, 5) is 12.9. The van der Waals surface area contributed by atoms with E-state index in [1.807, 2.05) is 60.8 Å². The van der Waals surface area contributed by atoms with E-state index in [0.29, 0.717) is 11.6 Å². The second-order valence-electron chi connectivity index (χ2n) is 7.13. The third-order valence-electron chi connectivity index (χ3n) is 4.93. The van der Waals surface area contributed by atoms with Crippen LogP contribution in [0.2, 0.25) is 5.02 Å². The molecule has 6 heteroatoms. The molecular weight excluding hydrogens is 390 g/mol. The summed E-state index contributed by atoms with van der Waals surface area (Å²) in [6.45, 7) is 4.59. The first-order valence-electron chi connectivity index (χ1n) is 9.00. The molecule has 1 aliphatic rings. The molecule has 2 amide bonds. The van der Waals surface area contributed by atoms with Gasteiger partial charge in [0.05, 0.1) is 22.7 Å². The molecule has 4 rings (SSSR count). The van der Waals surface area contributed by atoms with Gasteiger partial charge in [-0.05, 0) is 54.1 Å². The number of hydrazone groups is 1. The van der Waals surface area contributed by atoms with E-state index < -0.39 is 5.41 Å². The van der Waals surface area contributed by atoms with Crippen LogP contribution in [-0.4, -0.2) is 23.3 Å². The zero-order valence-electron chi connectivity index (χ0n) is 15.6. The number of hydrogen-bond acceptors (Lipinski definition) is 3. The molecule has 1 aromatic heterocycles. The highest BCUT2D eigenvalue weighted by molar-refractivity contribution is 7.14. The Labute approximate surface area is 173 Å². The zero-order valence-corrected chi connectivity index (χ0v) is 17.2.